The molecule has 298 valence electrons. The number of hydrogen-bond donors (Lipinski definition) is 9. The molecule has 0 saturated heterocycles. The maximum atomic E-state index is 13.9. The first-order valence-corrected chi connectivity index (χ1v) is 18.8. The summed E-state index contributed by atoms with van der Waals surface area (Å²) in [7, 11) is 1.79. The van der Waals surface area contributed by atoms with Gasteiger partial charge in [0, 0.05) is 53.8 Å². The Hall–Kier alpha value is -5.54. The summed E-state index contributed by atoms with van der Waals surface area (Å²) in [5, 5.41) is 53.1. The van der Waals surface area contributed by atoms with Crippen molar-refractivity contribution in [3.8, 4) is 17.2 Å². The number of benzene rings is 2. The molecule has 0 aliphatic carbocycles. The molecular weight excluding hydrogens is 718 g/mol. The molecule has 5 unspecified atom stereocenters. The quantitative estimate of drug-likeness (QED) is 0.0847. The van der Waals surface area contributed by atoms with Crippen molar-refractivity contribution in [3.63, 3.8) is 0 Å². The summed E-state index contributed by atoms with van der Waals surface area (Å²) in [6, 6.07) is 7.62. The zero-order valence-corrected chi connectivity index (χ0v) is 31.8. The smallest absolute Gasteiger partial charge is 0.334 e. The number of aromatic hydroxyl groups is 2. The van der Waals surface area contributed by atoms with Crippen molar-refractivity contribution in [2.75, 3.05) is 26.7 Å². The van der Waals surface area contributed by atoms with Crippen molar-refractivity contribution in [3.05, 3.63) is 122 Å². The number of hydrogen-bond acceptors (Lipinski definition) is 14. The van der Waals surface area contributed by atoms with Gasteiger partial charge in [-0.05, 0) is 87.7 Å². The molecule has 0 fully saturated rings. The van der Waals surface area contributed by atoms with Gasteiger partial charge < -0.3 is 61.7 Å². The normalized spacial score (nSPS) is 21.8. The van der Waals surface area contributed by atoms with Crippen molar-refractivity contribution in [2.45, 2.75) is 75.8 Å². The van der Waals surface area contributed by atoms with Crippen molar-refractivity contribution in [2.24, 2.45) is 11.5 Å². The summed E-state index contributed by atoms with van der Waals surface area (Å²) in [5.74, 6) is -2.13. The van der Waals surface area contributed by atoms with Gasteiger partial charge >= 0.3 is 5.97 Å². The number of ether oxygens (including phenoxy) is 2. The Morgan fingerprint density at radius 2 is 2.04 bits per heavy atom. The van der Waals surface area contributed by atoms with Gasteiger partial charge in [0.2, 0.25) is 0 Å². The number of aliphatic hydroxyl groups excluding tert-OH is 2. The van der Waals surface area contributed by atoms with Crippen LogP contribution < -0.4 is 37.6 Å². The fourth-order valence-corrected chi connectivity index (χ4v) is 7.69. The Morgan fingerprint density at radius 1 is 1.23 bits per heavy atom. The van der Waals surface area contributed by atoms with Crippen LogP contribution in [0.4, 0.5) is 0 Å². The van der Waals surface area contributed by atoms with Crippen LogP contribution in [0.2, 0.25) is 0 Å². The van der Waals surface area contributed by atoms with E-state index in [-0.39, 0.29) is 46.4 Å². The van der Waals surface area contributed by atoms with E-state index in [0.717, 1.165) is 11.6 Å². The van der Waals surface area contributed by atoms with Crippen LogP contribution in [0.5, 0.6) is 17.2 Å². The molecule has 0 saturated carbocycles. The van der Waals surface area contributed by atoms with Crippen LogP contribution >= 0.6 is 0 Å². The number of carbonyl (C=O) groups excluding carboxylic acids is 1. The average Bonchev–Trinajstić information content (AvgIpc) is 3.18. The average molecular weight is 770 g/mol. The molecule has 6 rings (SSSR count). The van der Waals surface area contributed by atoms with Crippen molar-refractivity contribution in [1.29, 1.82) is 0 Å². The van der Waals surface area contributed by atoms with Crippen LogP contribution in [0.3, 0.4) is 0 Å². The molecule has 3 aromatic rings. The van der Waals surface area contributed by atoms with E-state index in [1.54, 1.807) is 44.3 Å². The third-order valence-electron chi connectivity index (χ3n) is 10.8. The summed E-state index contributed by atoms with van der Waals surface area (Å²) in [4.78, 5) is 27.7. The number of nitrogens with one attached hydrogen (secondary N) is 3. The van der Waals surface area contributed by atoms with E-state index in [1.165, 1.54) is 6.07 Å². The van der Waals surface area contributed by atoms with E-state index in [9.17, 15) is 30.0 Å². The van der Waals surface area contributed by atoms with Crippen molar-refractivity contribution < 1.29 is 39.1 Å². The third-order valence-corrected chi connectivity index (χ3v) is 10.8. The highest BCUT2D eigenvalue weighted by Gasteiger charge is 2.48. The number of fused-ring (bicyclic) bond motifs is 2. The summed E-state index contributed by atoms with van der Waals surface area (Å²) >= 11 is 0. The first-order chi connectivity index (χ1) is 26.9. The lowest BCUT2D eigenvalue weighted by atomic mass is 9.73. The number of dihydropyridines is 2. The van der Waals surface area contributed by atoms with Gasteiger partial charge in [-0.3, -0.25) is 4.79 Å². The molecule has 14 heteroatoms. The number of phenols is 2. The predicted molar refractivity (Wildman–Crippen MR) is 212 cm³/mol. The Morgan fingerprint density at radius 3 is 2.70 bits per heavy atom. The zero-order valence-electron chi connectivity index (χ0n) is 31.8. The molecule has 4 heterocycles. The third kappa shape index (κ3) is 8.19. The number of rotatable bonds is 14. The Kier molecular flexibility index (Phi) is 12.2. The van der Waals surface area contributed by atoms with E-state index >= 15 is 0 Å². The van der Waals surface area contributed by atoms with Gasteiger partial charge in [0.25, 0.3) is 0 Å². The molecule has 14 nitrogen and oxygen atoms in total. The number of phenolic OH excluding ortho intramolecular Hbond substituents is 2. The fourth-order valence-electron chi connectivity index (χ4n) is 7.69. The summed E-state index contributed by atoms with van der Waals surface area (Å²) in [5.41, 5.74) is 13.5. The van der Waals surface area contributed by atoms with Crippen LogP contribution in [0, 0.1) is 0 Å². The van der Waals surface area contributed by atoms with Gasteiger partial charge in [-0.25, -0.2) is 4.79 Å². The maximum Gasteiger partial charge on any atom is 0.334 e. The molecule has 11 N–H and O–H groups in total. The molecule has 5 atom stereocenters. The van der Waals surface area contributed by atoms with E-state index in [1.807, 2.05) is 31.4 Å². The molecule has 0 bridgehead atoms. The largest absolute Gasteiger partial charge is 0.508 e. The first-order valence-electron chi connectivity index (χ1n) is 18.8. The van der Waals surface area contributed by atoms with E-state index in [2.05, 4.69) is 16.0 Å². The van der Waals surface area contributed by atoms with E-state index < -0.39 is 53.9 Å². The van der Waals surface area contributed by atoms with Crippen molar-refractivity contribution in [1.82, 2.24) is 16.0 Å². The number of allylic oxidation sites excluding steroid dienone is 5. The van der Waals surface area contributed by atoms with Gasteiger partial charge in [-0.2, -0.15) is 0 Å². The first kappa shape index (κ1) is 40.1. The monoisotopic (exact) mass is 769 g/mol. The minimum Gasteiger partial charge on any atom is -0.508 e. The fraction of sp³-hybridized carbons (Fsp3) is 0.381. The van der Waals surface area contributed by atoms with Crippen LogP contribution in [0.1, 0.15) is 67.4 Å². The van der Waals surface area contributed by atoms with Gasteiger partial charge in [0.15, 0.2) is 5.43 Å². The standard InChI is InChI=1S/C42H51N5O9/c1-4-24(11-14-45-3)41(53)55-32-19-29-38(52)36-31(51)18-28(21-48)54-40(36)37(39(29)56-42(32,2)13-10-23-8-9-33(43)47-20-23)35(26-12-15-46-34(44)17-26)30(22-49)25-6-5-7-27(50)16-25/h4-9,12,16-18,20,30,32-33,35,45-50,52H,10-11,13-15,19,21-22,43-44H2,1-3H3. The van der Waals surface area contributed by atoms with Crippen LogP contribution in [-0.4, -0.2) is 71.0 Å². The highest BCUT2D eigenvalue weighted by atomic mass is 16.6. The van der Waals surface area contributed by atoms with Crippen LogP contribution in [0.15, 0.2) is 98.7 Å². The lowest BCUT2D eigenvalue weighted by molar-refractivity contribution is -0.159. The second-order valence-corrected chi connectivity index (χ2v) is 14.5. The lowest BCUT2D eigenvalue weighted by Gasteiger charge is -2.44. The SMILES string of the molecule is CC=C(CCNC)C(=O)OC1Cc2c(c(C(C3=CCNC(N)=C3)C(CO)c3cccc(O)c3)c3oc(CO)cc(=O)c3c2O)OC1(C)CCC1=CNC(N)C=C1. The number of esters is 1. The highest BCUT2D eigenvalue weighted by Crippen LogP contribution is 2.54. The number of carbonyl (C=O) groups is 1. The van der Waals surface area contributed by atoms with Gasteiger partial charge in [0.1, 0.15) is 52.3 Å². The molecule has 0 spiro atoms. The minimum absolute atomic E-state index is 0.0223. The Labute approximate surface area is 324 Å². The molecule has 0 radical (unpaired) electrons. The molecule has 0 amide bonds. The van der Waals surface area contributed by atoms with Gasteiger partial charge in [-0.15, -0.1) is 0 Å². The molecule has 3 aliphatic rings. The van der Waals surface area contributed by atoms with Crippen molar-refractivity contribution >= 4 is 16.9 Å². The molecule has 3 aliphatic heterocycles. The van der Waals surface area contributed by atoms with E-state index in [4.69, 9.17) is 25.4 Å². The minimum atomic E-state index is -1.23. The summed E-state index contributed by atoms with van der Waals surface area (Å²) < 4.78 is 19.7. The lowest BCUT2D eigenvalue weighted by Crippen LogP contribution is -2.51. The molecular formula is C42H51N5O9. The summed E-state index contributed by atoms with van der Waals surface area (Å²) in [6.07, 6.45) is 10.8. The Bertz CT molecular complexity index is 2190. The van der Waals surface area contributed by atoms with Crippen LogP contribution in [-0.2, 0) is 22.6 Å². The van der Waals surface area contributed by atoms with E-state index in [0.29, 0.717) is 60.4 Å². The van der Waals surface area contributed by atoms with Gasteiger partial charge in [-0.1, -0.05) is 30.4 Å². The second kappa shape index (κ2) is 17.1. The zero-order chi connectivity index (χ0) is 40.1. The number of aliphatic hydroxyl groups is 2. The highest BCUT2D eigenvalue weighted by molar-refractivity contribution is 5.92. The maximum absolute atomic E-state index is 13.9. The summed E-state index contributed by atoms with van der Waals surface area (Å²) in [6.45, 7) is 3.45. The molecule has 1 aromatic heterocycles. The number of nitrogens with two attached hydrogens (primary N) is 2. The molecule has 56 heavy (non-hydrogen) atoms. The predicted octanol–water partition coefficient (Wildman–Crippen LogP) is 3.16. The second-order valence-electron chi connectivity index (χ2n) is 14.5. The Balaban J connectivity index is 1.62. The van der Waals surface area contributed by atoms with Gasteiger partial charge in [0.05, 0.1) is 18.6 Å². The topological polar surface area (TPSA) is 235 Å². The molecule has 2 aromatic carbocycles. The van der Waals surface area contributed by atoms with Crippen LogP contribution in [0.25, 0.3) is 11.0 Å².